The normalized spacial score (nSPS) is 15.2. The Kier molecular flexibility index (Phi) is 3.44. The van der Waals surface area contributed by atoms with Crippen molar-refractivity contribution in [1.29, 1.82) is 0 Å². The van der Waals surface area contributed by atoms with Gasteiger partial charge in [-0.05, 0) is 38.0 Å². The summed E-state index contributed by atoms with van der Waals surface area (Å²) in [6, 6.07) is 7.69. The predicted molar refractivity (Wildman–Crippen MR) is 63.8 cm³/mol. The summed E-state index contributed by atoms with van der Waals surface area (Å²) >= 11 is 0. The van der Waals surface area contributed by atoms with Crippen molar-refractivity contribution in [3.63, 3.8) is 0 Å². The van der Waals surface area contributed by atoms with E-state index < -0.39 is 0 Å². The van der Waals surface area contributed by atoms with Gasteiger partial charge >= 0.3 is 5.97 Å². The van der Waals surface area contributed by atoms with Crippen molar-refractivity contribution in [3.8, 4) is 0 Å². The second-order valence-corrected chi connectivity index (χ2v) is 3.96. The lowest BCUT2D eigenvalue weighted by atomic mass is 10.2. The number of ether oxygens (including phenoxy) is 1. The minimum Gasteiger partial charge on any atom is -0.462 e. The number of carbonyl (C=O) groups is 1. The molecule has 16 heavy (non-hydrogen) atoms. The van der Waals surface area contributed by atoms with Crippen LogP contribution in [-0.2, 0) is 4.74 Å². The van der Waals surface area contributed by atoms with Crippen molar-refractivity contribution in [1.82, 2.24) is 0 Å². The highest BCUT2D eigenvalue weighted by molar-refractivity contribution is 5.90. The van der Waals surface area contributed by atoms with Gasteiger partial charge in [0.15, 0.2) is 0 Å². The van der Waals surface area contributed by atoms with Gasteiger partial charge in [0, 0.05) is 18.8 Å². The van der Waals surface area contributed by atoms with E-state index in [1.165, 1.54) is 12.8 Å². The van der Waals surface area contributed by atoms with Crippen LogP contribution >= 0.6 is 0 Å². The van der Waals surface area contributed by atoms with Crippen molar-refractivity contribution >= 4 is 11.7 Å². The van der Waals surface area contributed by atoms with E-state index in [1.54, 1.807) is 6.07 Å². The summed E-state index contributed by atoms with van der Waals surface area (Å²) in [5.41, 5.74) is 1.77. The van der Waals surface area contributed by atoms with E-state index in [4.69, 9.17) is 4.74 Å². The maximum Gasteiger partial charge on any atom is 0.338 e. The summed E-state index contributed by atoms with van der Waals surface area (Å²) in [4.78, 5) is 13.9. The molecule has 0 N–H and O–H groups in total. The second kappa shape index (κ2) is 5.01. The van der Waals surface area contributed by atoms with E-state index >= 15 is 0 Å². The number of anilines is 1. The fourth-order valence-corrected chi connectivity index (χ4v) is 2.02. The van der Waals surface area contributed by atoms with Crippen LogP contribution < -0.4 is 4.90 Å². The Morgan fingerprint density at radius 3 is 2.81 bits per heavy atom. The summed E-state index contributed by atoms with van der Waals surface area (Å²) in [6.45, 7) is 4.42. The smallest absolute Gasteiger partial charge is 0.338 e. The van der Waals surface area contributed by atoms with E-state index in [2.05, 4.69) is 4.90 Å². The third-order valence-electron chi connectivity index (χ3n) is 2.83. The summed E-state index contributed by atoms with van der Waals surface area (Å²) < 4.78 is 4.99. The fraction of sp³-hybridized carbons (Fsp3) is 0.462. The van der Waals surface area contributed by atoms with E-state index in [-0.39, 0.29) is 5.97 Å². The van der Waals surface area contributed by atoms with Crippen LogP contribution in [0.25, 0.3) is 0 Å². The van der Waals surface area contributed by atoms with Crippen LogP contribution in [-0.4, -0.2) is 25.7 Å². The maximum atomic E-state index is 11.6. The standard InChI is InChI=1S/C13H17NO2/c1-2-16-13(15)11-6-5-7-12(10-11)14-8-3-4-9-14/h5-7,10H,2-4,8-9H2,1H3. The Morgan fingerprint density at radius 1 is 1.38 bits per heavy atom. The van der Waals surface area contributed by atoms with Gasteiger partial charge in [0.25, 0.3) is 0 Å². The van der Waals surface area contributed by atoms with Gasteiger partial charge in [-0.25, -0.2) is 4.79 Å². The average Bonchev–Trinajstić information content (AvgIpc) is 2.83. The Bertz CT molecular complexity index is 370. The molecule has 3 heteroatoms. The molecule has 0 radical (unpaired) electrons. The van der Waals surface area contributed by atoms with Gasteiger partial charge in [0.1, 0.15) is 0 Å². The summed E-state index contributed by atoms with van der Waals surface area (Å²) in [5.74, 6) is -0.233. The summed E-state index contributed by atoms with van der Waals surface area (Å²) in [7, 11) is 0. The van der Waals surface area contributed by atoms with E-state index in [1.807, 2.05) is 25.1 Å². The third kappa shape index (κ3) is 2.35. The maximum absolute atomic E-state index is 11.6. The van der Waals surface area contributed by atoms with Crippen LogP contribution in [0, 0.1) is 0 Å². The van der Waals surface area contributed by atoms with Gasteiger partial charge < -0.3 is 9.64 Å². The number of benzene rings is 1. The highest BCUT2D eigenvalue weighted by Gasteiger charge is 2.14. The molecule has 0 spiro atoms. The molecule has 0 unspecified atom stereocenters. The molecule has 1 aromatic rings. The largest absolute Gasteiger partial charge is 0.462 e. The Balaban J connectivity index is 2.15. The second-order valence-electron chi connectivity index (χ2n) is 3.96. The SMILES string of the molecule is CCOC(=O)c1cccc(N2CCCC2)c1. The number of esters is 1. The molecule has 1 saturated heterocycles. The first-order valence-electron chi connectivity index (χ1n) is 5.83. The fourth-order valence-electron chi connectivity index (χ4n) is 2.02. The van der Waals surface area contributed by atoms with Crippen molar-refractivity contribution < 1.29 is 9.53 Å². The number of hydrogen-bond donors (Lipinski definition) is 0. The molecule has 0 atom stereocenters. The Hall–Kier alpha value is -1.51. The van der Waals surface area contributed by atoms with Crippen LogP contribution in [0.15, 0.2) is 24.3 Å². The first kappa shape index (κ1) is 11.0. The van der Waals surface area contributed by atoms with E-state index in [0.29, 0.717) is 12.2 Å². The zero-order valence-corrected chi connectivity index (χ0v) is 9.61. The highest BCUT2D eigenvalue weighted by atomic mass is 16.5. The minimum absolute atomic E-state index is 0.233. The molecule has 1 heterocycles. The molecule has 3 nitrogen and oxygen atoms in total. The highest BCUT2D eigenvalue weighted by Crippen LogP contribution is 2.21. The van der Waals surface area contributed by atoms with Crippen molar-refractivity contribution in [2.45, 2.75) is 19.8 Å². The molecule has 1 fully saturated rings. The molecule has 0 bridgehead atoms. The molecule has 0 aliphatic carbocycles. The van der Waals surface area contributed by atoms with E-state index in [0.717, 1.165) is 18.8 Å². The van der Waals surface area contributed by atoms with Gasteiger partial charge in [-0.3, -0.25) is 0 Å². The molecule has 0 saturated carbocycles. The average molecular weight is 219 g/mol. The zero-order valence-electron chi connectivity index (χ0n) is 9.61. The quantitative estimate of drug-likeness (QED) is 0.731. The molecule has 1 aromatic carbocycles. The van der Waals surface area contributed by atoms with Gasteiger partial charge in [-0.15, -0.1) is 0 Å². The molecule has 2 rings (SSSR count). The predicted octanol–water partition coefficient (Wildman–Crippen LogP) is 2.46. The van der Waals surface area contributed by atoms with Crippen LogP contribution in [0.3, 0.4) is 0 Å². The minimum atomic E-state index is -0.233. The van der Waals surface area contributed by atoms with Gasteiger partial charge in [0.2, 0.25) is 0 Å². The lowest BCUT2D eigenvalue weighted by molar-refractivity contribution is 0.0526. The molecule has 1 aliphatic heterocycles. The third-order valence-corrected chi connectivity index (χ3v) is 2.83. The molecular formula is C13H17NO2. The Labute approximate surface area is 96.0 Å². The Morgan fingerprint density at radius 2 is 2.12 bits per heavy atom. The van der Waals surface area contributed by atoms with Gasteiger partial charge in [-0.2, -0.15) is 0 Å². The molecule has 0 aromatic heterocycles. The van der Waals surface area contributed by atoms with Crippen LogP contribution in [0.5, 0.6) is 0 Å². The van der Waals surface area contributed by atoms with Crippen LogP contribution in [0.1, 0.15) is 30.1 Å². The van der Waals surface area contributed by atoms with Crippen LogP contribution in [0.4, 0.5) is 5.69 Å². The van der Waals surface area contributed by atoms with E-state index in [9.17, 15) is 4.79 Å². The van der Waals surface area contributed by atoms with Crippen molar-refractivity contribution in [2.75, 3.05) is 24.6 Å². The molecule has 86 valence electrons. The topological polar surface area (TPSA) is 29.5 Å². The molecular weight excluding hydrogens is 202 g/mol. The zero-order chi connectivity index (χ0) is 11.4. The van der Waals surface area contributed by atoms with Crippen LogP contribution in [0.2, 0.25) is 0 Å². The molecule has 1 aliphatic rings. The number of nitrogens with zero attached hydrogens (tertiary/aromatic N) is 1. The van der Waals surface area contributed by atoms with Gasteiger partial charge in [-0.1, -0.05) is 6.07 Å². The number of hydrogen-bond acceptors (Lipinski definition) is 3. The lowest BCUT2D eigenvalue weighted by Gasteiger charge is -2.17. The molecule has 0 amide bonds. The first-order chi connectivity index (χ1) is 7.81. The lowest BCUT2D eigenvalue weighted by Crippen LogP contribution is -2.18. The summed E-state index contributed by atoms with van der Waals surface area (Å²) in [5, 5.41) is 0. The number of carbonyl (C=O) groups excluding carboxylic acids is 1. The van der Waals surface area contributed by atoms with Crippen molar-refractivity contribution in [3.05, 3.63) is 29.8 Å². The van der Waals surface area contributed by atoms with Gasteiger partial charge in [0.05, 0.1) is 12.2 Å². The monoisotopic (exact) mass is 219 g/mol. The van der Waals surface area contributed by atoms with Crippen molar-refractivity contribution in [2.24, 2.45) is 0 Å². The number of rotatable bonds is 3. The summed E-state index contributed by atoms with van der Waals surface area (Å²) in [6.07, 6.45) is 2.48. The first-order valence-corrected chi connectivity index (χ1v) is 5.83.